The second-order valence-electron chi connectivity index (χ2n) is 7.40. The molecule has 0 amide bonds. The van der Waals surface area contributed by atoms with E-state index in [9.17, 15) is 14.2 Å². The van der Waals surface area contributed by atoms with Crippen molar-refractivity contribution in [3.8, 4) is 0 Å². The Hall–Kier alpha value is -2.48. The molecule has 0 saturated heterocycles. The van der Waals surface area contributed by atoms with Crippen LogP contribution in [0.3, 0.4) is 0 Å². The van der Waals surface area contributed by atoms with E-state index >= 15 is 0 Å². The molecular weight excluding hydrogens is 431 g/mol. The van der Waals surface area contributed by atoms with Gasteiger partial charge in [0.05, 0.1) is 19.5 Å². The first kappa shape index (κ1) is 24.2. The van der Waals surface area contributed by atoms with Gasteiger partial charge in [-0.05, 0) is 32.3 Å². The Morgan fingerprint density at radius 1 is 1.00 bits per heavy atom. The van der Waals surface area contributed by atoms with Crippen LogP contribution in [-0.2, 0) is 33.2 Å². The van der Waals surface area contributed by atoms with Gasteiger partial charge in [0.25, 0.3) is 5.56 Å². The number of hydrogen-bond acceptors (Lipinski definition) is 6. The molecule has 0 spiro atoms. The fourth-order valence-corrected chi connectivity index (χ4v) is 4.85. The quantitative estimate of drug-likeness (QED) is 0.302. The molecule has 0 saturated carbocycles. The van der Waals surface area contributed by atoms with Crippen LogP contribution in [0.15, 0.2) is 46.2 Å². The van der Waals surface area contributed by atoms with Crippen molar-refractivity contribution in [1.29, 1.82) is 0 Å². The van der Waals surface area contributed by atoms with Gasteiger partial charge in [0.1, 0.15) is 0 Å². The summed E-state index contributed by atoms with van der Waals surface area (Å²) in [6, 6.07) is 9.79. The van der Waals surface area contributed by atoms with E-state index in [1.165, 1.54) is 9.13 Å². The van der Waals surface area contributed by atoms with E-state index in [1.54, 1.807) is 24.7 Å². The lowest BCUT2D eigenvalue weighted by atomic mass is 10.2. The summed E-state index contributed by atoms with van der Waals surface area (Å²) in [4.78, 5) is 30.5. The van der Waals surface area contributed by atoms with Gasteiger partial charge in [-0.15, -0.1) is 0 Å². The Bertz CT molecular complexity index is 1200. The van der Waals surface area contributed by atoms with Crippen molar-refractivity contribution in [1.82, 2.24) is 18.7 Å². The van der Waals surface area contributed by atoms with Gasteiger partial charge in [0.15, 0.2) is 11.2 Å². The van der Waals surface area contributed by atoms with Crippen molar-refractivity contribution < 1.29 is 13.6 Å². The SMILES string of the molecule is CCOP(=O)(CC)OCCCCn1c(=O)c2c(ncn2Cc2ccccc2)n(CC)c1=O. The molecule has 0 aliphatic carbocycles. The first-order valence-corrected chi connectivity index (χ1v) is 12.8. The number of nitrogens with zero attached hydrogens (tertiary/aromatic N) is 4. The maximum atomic E-state index is 13.2. The summed E-state index contributed by atoms with van der Waals surface area (Å²) in [7, 11) is -3.05. The molecule has 1 unspecified atom stereocenters. The molecule has 0 radical (unpaired) electrons. The Balaban J connectivity index is 1.81. The lowest BCUT2D eigenvalue weighted by Gasteiger charge is -2.16. The van der Waals surface area contributed by atoms with Crippen LogP contribution in [0.2, 0.25) is 0 Å². The molecule has 3 rings (SSSR count). The molecule has 1 aromatic carbocycles. The number of aromatic nitrogens is 4. The third kappa shape index (κ3) is 5.28. The minimum atomic E-state index is -3.05. The summed E-state index contributed by atoms with van der Waals surface area (Å²) >= 11 is 0. The van der Waals surface area contributed by atoms with Gasteiger partial charge in [-0.1, -0.05) is 37.3 Å². The first-order valence-electron chi connectivity index (χ1n) is 11.0. The van der Waals surface area contributed by atoms with Crippen LogP contribution < -0.4 is 11.2 Å². The van der Waals surface area contributed by atoms with Gasteiger partial charge in [0.2, 0.25) is 0 Å². The number of rotatable bonds is 12. The van der Waals surface area contributed by atoms with Crippen LogP contribution in [0, 0.1) is 0 Å². The molecule has 0 bridgehead atoms. The maximum Gasteiger partial charge on any atom is 0.332 e. The molecule has 1 atom stereocenters. The van der Waals surface area contributed by atoms with Crippen molar-refractivity contribution >= 4 is 18.8 Å². The van der Waals surface area contributed by atoms with Gasteiger partial charge in [0, 0.05) is 25.8 Å². The predicted molar refractivity (Wildman–Crippen MR) is 124 cm³/mol. The number of aryl methyl sites for hydroxylation is 1. The van der Waals surface area contributed by atoms with Gasteiger partial charge < -0.3 is 13.6 Å². The summed E-state index contributed by atoms with van der Waals surface area (Å²) in [5.74, 6) is 0. The van der Waals surface area contributed by atoms with Crippen LogP contribution in [0.25, 0.3) is 11.2 Å². The van der Waals surface area contributed by atoms with E-state index in [2.05, 4.69) is 4.98 Å². The Morgan fingerprint density at radius 2 is 1.75 bits per heavy atom. The summed E-state index contributed by atoms with van der Waals surface area (Å²) in [6.07, 6.45) is 3.01. The van der Waals surface area contributed by atoms with Gasteiger partial charge in [-0.25, -0.2) is 9.78 Å². The highest BCUT2D eigenvalue weighted by molar-refractivity contribution is 7.53. The second kappa shape index (κ2) is 10.9. The summed E-state index contributed by atoms with van der Waals surface area (Å²) in [6.45, 7) is 7.12. The van der Waals surface area contributed by atoms with Crippen LogP contribution in [0.1, 0.15) is 39.2 Å². The van der Waals surface area contributed by atoms with Gasteiger partial charge >= 0.3 is 13.3 Å². The third-order valence-corrected chi connectivity index (χ3v) is 7.27. The number of imidazole rings is 1. The average Bonchev–Trinajstić information content (AvgIpc) is 3.20. The van der Waals surface area contributed by atoms with E-state index in [0.717, 1.165) is 5.56 Å². The largest absolute Gasteiger partial charge is 0.332 e. The van der Waals surface area contributed by atoms with Crippen molar-refractivity contribution in [2.75, 3.05) is 19.4 Å². The fourth-order valence-electron chi connectivity index (χ4n) is 3.61. The lowest BCUT2D eigenvalue weighted by Crippen LogP contribution is -2.40. The average molecular weight is 462 g/mol. The maximum absolute atomic E-state index is 13.2. The highest BCUT2D eigenvalue weighted by Gasteiger charge is 2.21. The zero-order chi connectivity index (χ0) is 23.1. The molecule has 32 heavy (non-hydrogen) atoms. The topological polar surface area (TPSA) is 97.3 Å². The second-order valence-corrected chi connectivity index (χ2v) is 9.77. The van der Waals surface area contributed by atoms with Crippen LogP contribution >= 0.6 is 7.60 Å². The lowest BCUT2D eigenvalue weighted by molar-refractivity contribution is 0.208. The minimum absolute atomic E-state index is 0.246. The van der Waals surface area contributed by atoms with Crippen molar-refractivity contribution in [2.24, 2.45) is 0 Å². The fraction of sp³-hybridized carbons (Fsp3) is 0.500. The molecule has 0 aliphatic rings. The van der Waals surface area contributed by atoms with Crippen LogP contribution in [0.4, 0.5) is 0 Å². The molecule has 9 nitrogen and oxygen atoms in total. The van der Waals surface area contributed by atoms with E-state index in [1.807, 2.05) is 37.3 Å². The van der Waals surface area contributed by atoms with E-state index in [-0.39, 0.29) is 24.4 Å². The normalized spacial score (nSPS) is 13.5. The third-order valence-electron chi connectivity index (χ3n) is 5.27. The molecule has 0 aliphatic heterocycles. The highest BCUT2D eigenvalue weighted by atomic mass is 31.2. The number of fused-ring (bicyclic) bond motifs is 1. The van der Waals surface area contributed by atoms with E-state index in [4.69, 9.17) is 9.05 Å². The molecule has 174 valence electrons. The van der Waals surface area contributed by atoms with E-state index in [0.29, 0.717) is 49.9 Å². The van der Waals surface area contributed by atoms with Gasteiger partial charge in [-0.3, -0.25) is 18.5 Å². The smallest absolute Gasteiger partial charge is 0.320 e. The summed E-state index contributed by atoms with van der Waals surface area (Å²) in [5, 5.41) is 0. The molecule has 2 heterocycles. The van der Waals surface area contributed by atoms with Crippen molar-refractivity contribution in [2.45, 2.75) is 53.2 Å². The minimum Gasteiger partial charge on any atom is -0.320 e. The molecule has 10 heteroatoms. The van der Waals surface area contributed by atoms with Crippen molar-refractivity contribution in [3.63, 3.8) is 0 Å². The molecule has 0 fully saturated rings. The molecule has 3 aromatic rings. The predicted octanol–water partition coefficient (Wildman–Crippen LogP) is 3.47. The molecule has 2 aromatic heterocycles. The monoisotopic (exact) mass is 462 g/mol. The molecule has 0 N–H and O–H groups in total. The Kier molecular flexibility index (Phi) is 8.23. The zero-order valence-electron chi connectivity index (χ0n) is 18.9. The molecular formula is C22H31N4O5P. The van der Waals surface area contributed by atoms with Crippen LogP contribution in [0.5, 0.6) is 0 Å². The first-order chi connectivity index (χ1) is 15.4. The Labute approximate surface area is 187 Å². The zero-order valence-corrected chi connectivity index (χ0v) is 19.8. The number of hydrogen-bond donors (Lipinski definition) is 0. The summed E-state index contributed by atoms with van der Waals surface area (Å²) in [5.41, 5.74) is 1.14. The van der Waals surface area contributed by atoms with Crippen molar-refractivity contribution in [3.05, 3.63) is 63.1 Å². The van der Waals surface area contributed by atoms with E-state index < -0.39 is 7.60 Å². The standard InChI is InChI=1S/C22H31N4O5P/c1-4-25-20-19(24(17-23-20)16-18-12-8-7-9-13-18)21(27)26(22(25)28)14-10-11-15-31-32(29,6-3)30-5-2/h7-9,12-13,17H,4-6,10-11,14-16H2,1-3H3. The summed E-state index contributed by atoms with van der Waals surface area (Å²) < 4.78 is 27.6. The Morgan fingerprint density at radius 3 is 2.41 bits per heavy atom. The van der Waals surface area contributed by atoms with Gasteiger partial charge in [-0.2, -0.15) is 0 Å². The number of benzene rings is 1. The van der Waals surface area contributed by atoms with Crippen LogP contribution in [-0.4, -0.2) is 38.1 Å². The number of unbranched alkanes of at least 4 members (excludes halogenated alkanes) is 1. The highest BCUT2D eigenvalue weighted by Crippen LogP contribution is 2.47.